The highest BCUT2D eigenvalue weighted by Crippen LogP contribution is 2.21. The Labute approximate surface area is 121 Å². The largest absolute Gasteiger partial charge is 0.357 e. The van der Waals surface area contributed by atoms with E-state index in [-0.39, 0.29) is 5.91 Å². The van der Waals surface area contributed by atoms with Gasteiger partial charge in [-0.15, -0.1) is 0 Å². The molecule has 0 aromatic rings. The van der Waals surface area contributed by atoms with Gasteiger partial charge >= 0.3 is 0 Å². The molecule has 0 aromatic heterocycles. The number of nitrogens with one attached hydrogen (secondary N) is 1. The van der Waals surface area contributed by atoms with E-state index in [9.17, 15) is 4.79 Å². The van der Waals surface area contributed by atoms with Crippen molar-refractivity contribution < 1.29 is 4.79 Å². The highest BCUT2D eigenvalue weighted by atomic mass is 16.1. The standard InChI is InChI=1S/C15H26N4O/c1-13(20)16-9-12-19-10-6-14(7-11-19)18(2)15-5-3-4-8-17-15/h5,8,14H,3-4,6-7,9-12H2,1-2H3,(H,16,20). The summed E-state index contributed by atoms with van der Waals surface area (Å²) in [6.45, 7) is 5.49. The molecule has 1 saturated heterocycles. The van der Waals surface area contributed by atoms with E-state index in [0.29, 0.717) is 6.04 Å². The van der Waals surface area contributed by atoms with Crippen molar-refractivity contribution in [2.45, 2.75) is 38.6 Å². The molecular weight excluding hydrogens is 252 g/mol. The highest BCUT2D eigenvalue weighted by molar-refractivity contribution is 5.72. The van der Waals surface area contributed by atoms with Gasteiger partial charge < -0.3 is 15.1 Å². The van der Waals surface area contributed by atoms with Crippen LogP contribution in [0.4, 0.5) is 0 Å². The first-order valence-corrected chi connectivity index (χ1v) is 7.59. The molecule has 2 rings (SSSR count). The highest BCUT2D eigenvalue weighted by Gasteiger charge is 2.23. The van der Waals surface area contributed by atoms with Gasteiger partial charge in [-0.2, -0.15) is 0 Å². The summed E-state index contributed by atoms with van der Waals surface area (Å²) in [4.78, 5) is 20.1. The maximum atomic E-state index is 10.8. The molecule has 0 spiro atoms. The SMILES string of the molecule is CC(=O)NCCN1CCC(N(C)C2=CCCC=N2)CC1. The van der Waals surface area contributed by atoms with Crippen molar-refractivity contribution in [2.75, 3.05) is 33.2 Å². The molecular formula is C15H26N4O. The molecule has 5 heteroatoms. The number of piperidine rings is 1. The summed E-state index contributed by atoms with van der Waals surface area (Å²) in [7, 11) is 2.16. The van der Waals surface area contributed by atoms with Gasteiger partial charge in [0.1, 0.15) is 5.82 Å². The quantitative estimate of drug-likeness (QED) is 0.823. The molecule has 2 heterocycles. The van der Waals surface area contributed by atoms with Crippen molar-refractivity contribution in [3.63, 3.8) is 0 Å². The second-order valence-corrected chi connectivity index (χ2v) is 5.62. The van der Waals surface area contributed by atoms with Crippen molar-refractivity contribution in [1.29, 1.82) is 0 Å². The number of aliphatic imine (C=N–C) groups is 1. The van der Waals surface area contributed by atoms with Crippen LogP contribution in [-0.4, -0.2) is 61.2 Å². The number of carbonyl (C=O) groups excluding carboxylic acids is 1. The van der Waals surface area contributed by atoms with E-state index < -0.39 is 0 Å². The fourth-order valence-electron chi connectivity index (χ4n) is 2.84. The van der Waals surface area contributed by atoms with Crippen LogP contribution in [0, 0.1) is 0 Å². The molecule has 0 atom stereocenters. The molecule has 0 saturated carbocycles. The Morgan fingerprint density at radius 3 is 2.80 bits per heavy atom. The van der Waals surface area contributed by atoms with Gasteiger partial charge in [-0.3, -0.25) is 4.79 Å². The van der Waals surface area contributed by atoms with Crippen LogP contribution in [0.2, 0.25) is 0 Å². The van der Waals surface area contributed by atoms with Crippen molar-refractivity contribution in [3.05, 3.63) is 11.9 Å². The number of nitrogens with zero attached hydrogens (tertiary/aromatic N) is 3. The first-order chi connectivity index (χ1) is 9.66. The minimum Gasteiger partial charge on any atom is -0.357 e. The van der Waals surface area contributed by atoms with Gasteiger partial charge in [-0.25, -0.2) is 4.99 Å². The van der Waals surface area contributed by atoms with E-state index in [1.165, 1.54) is 12.8 Å². The van der Waals surface area contributed by atoms with Crippen LogP contribution in [0.25, 0.3) is 0 Å². The lowest BCUT2D eigenvalue weighted by Crippen LogP contribution is -2.45. The predicted molar refractivity (Wildman–Crippen MR) is 81.7 cm³/mol. The number of rotatable bonds is 5. The number of carbonyl (C=O) groups is 1. The molecule has 2 aliphatic rings. The Hall–Kier alpha value is -1.36. The van der Waals surface area contributed by atoms with Crippen LogP contribution >= 0.6 is 0 Å². The molecule has 20 heavy (non-hydrogen) atoms. The number of hydrogen-bond donors (Lipinski definition) is 1. The maximum Gasteiger partial charge on any atom is 0.216 e. The second-order valence-electron chi connectivity index (χ2n) is 5.62. The summed E-state index contributed by atoms with van der Waals surface area (Å²) in [6.07, 6.45) is 8.78. The predicted octanol–water partition coefficient (Wildman–Crippen LogP) is 1.22. The van der Waals surface area contributed by atoms with Gasteiger partial charge in [0, 0.05) is 52.4 Å². The van der Waals surface area contributed by atoms with Crippen LogP contribution < -0.4 is 5.32 Å². The van der Waals surface area contributed by atoms with Crippen molar-refractivity contribution >= 4 is 12.1 Å². The number of amides is 1. The molecule has 0 bridgehead atoms. The molecule has 0 unspecified atom stereocenters. The van der Waals surface area contributed by atoms with Crippen LogP contribution in [0.5, 0.6) is 0 Å². The van der Waals surface area contributed by atoms with Gasteiger partial charge in [-0.05, 0) is 31.8 Å². The van der Waals surface area contributed by atoms with E-state index in [2.05, 4.69) is 33.2 Å². The van der Waals surface area contributed by atoms with E-state index in [4.69, 9.17) is 0 Å². The molecule has 0 aliphatic carbocycles. The minimum atomic E-state index is 0.0571. The Bertz CT molecular complexity index is 383. The van der Waals surface area contributed by atoms with E-state index in [0.717, 1.165) is 44.8 Å². The Balaban J connectivity index is 1.72. The van der Waals surface area contributed by atoms with Crippen LogP contribution in [0.15, 0.2) is 16.9 Å². The van der Waals surface area contributed by atoms with Gasteiger partial charge in [-0.1, -0.05) is 0 Å². The summed E-state index contributed by atoms with van der Waals surface area (Å²) in [5.41, 5.74) is 0. The number of allylic oxidation sites excluding steroid dienone is 1. The molecule has 0 radical (unpaired) electrons. The lowest BCUT2D eigenvalue weighted by molar-refractivity contribution is -0.119. The molecule has 1 fully saturated rings. The van der Waals surface area contributed by atoms with E-state index >= 15 is 0 Å². The monoisotopic (exact) mass is 278 g/mol. The van der Waals surface area contributed by atoms with Gasteiger partial charge in [0.05, 0.1) is 0 Å². The van der Waals surface area contributed by atoms with Crippen LogP contribution in [0.1, 0.15) is 32.6 Å². The van der Waals surface area contributed by atoms with Crippen LogP contribution in [0.3, 0.4) is 0 Å². The molecule has 1 amide bonds. The third-order valence-electron chi connectivity index (χ3n) is 4.11. The van der Waals surface area contributed by atoms with Crippen molar-refractivity contribution in [2.24, 2.45) is 4.99 Å². The summed E-state index contributed by atoms with van der Waals surface area (Å²) in [5.74, 6) is 1.19. The van der Waals surface area contributed by atoms with Gasteiger partial charge in [0.15, 0.2) is 0 Å². The van der Waals surface area contributed by atoms with E-state index in [1.807, 2.05) is 6.21 Å². The third-order valence-corrected chi connectivity index (χ3v) is 4.11. The Morgan fingerprint density at radius 1 is 1.45 bits per heavy atom. The molecule has 2 aliphatic heterocycles. The first-order valence-electron chi connectivity index (χ1n) is 7.59. The summed E-state index contributed by atoms with van der Waals surface area (Å²) < 4.78 is 0. The Kier molecular flexibility index (Phi) is 5.59. The third kappa shape index (κ3) is 4.34. The van der Waals surface area contributed by atoms with Crippen molar-refractivity contribution in [3.8, 4) is 0 Å². The zero-order valence-electron chi connectivity index (χ0n) is 12.6. The lowest BCUT2D eigenvalue weighted by atomic mass is 10.0. The lowest BCUT2D eigenvalue weighted by Gasteiger charge is -2.38. The average molecular weight is 278 g/mol. The molecule has 0 aromatic carbocycles. The molecule has 1 N–H and O–H groups in total. The topological polar surface area (TPSA) is 47.9 Å². The molecule has 5 nitrogen and oxygen atoms in total. The summed E-state index contributed by atoms with van der Waals surface area (Å²) in [5, 5.41) is 2.86. The minimum absolute atomic E-state index is 0.0571. The molecule has 112 valence electrons. The fraction of sp³-hybridized carbons (Fsp3) is 0.733. The average Bonchev–Trinajstić information content (AvgIpc) is 2.48. The smallest absolute Gasteiger partial charge is 0.216 e. The maximum absolute atomic E-state index is 10.8. The van der Waals surface area contributed by atoms with Gasteiger partial charge in [0.25, 0.3) is 0 Å². The zero-order chi connectivity index (χ0) is 14.4. The Morgan fingerprint density at radius 2 is 2.20 bits per heavy atom. The zero-order valence-corrected chi connectivity index (χ0v) is 12.6. The summed E-state index contributed by atoms with van der Waals surface area (Å²) >= 11 is 0. The first kappa shape index (κ1) is 15.0. The second kappa shape index (κ2) is 7.43. The fourth-order valence-corrected chi connectivity index (χ4v) is 2.84. The van der Waals surface area contributed by atoms with Crippen molar-refractivity contribution in [1.82, 2.24) is 15.1 Å². The normalized spacial score (nSPS) is 20.6. The number of likely N-dealkylation sites (tertiary alicyclic amines) is 1. The van der Waals surface area contributed by atoms with Gasteiger partial charge in [0.2, 0.25) is 5.91 Å². The van der Waals surface area contributed by atoms with Crippen LogP contribution in [-0.2, 0) is 4.79 Å². The van der Waals surface area contributed by atoms with E-state index in [1.54, 1.807) is 6.92 Å². The summed E-state index contributed by atoms with van der Waals surface area (Å²) in [6, 6.07) is 0.591. The number of hydrogen-bond acceptors (Lipinski definition) is 4.